The quantitative estimate of drug-likeness (QED) is 0.832. The lowest BCUT2D eigenvalue weighted by Crippen LogP contribution is -2.23. The summed E-state index contributed by atoms with van der Waals surface area (Å²) < 4.78 is 31.9. The van der Waals surface area contributed by atoms with Gasteiger partial charge in [0.05, 0.1) is 6.10 Å². The first-order valence-corrected chi connectivity index (χ1v) is 5.84. The van der Waals surface area contributed by atoms with Crippen molar-refractivity contribution in [2.75, 3.05) is 6.61 Å². The minimum Gasteiger partial charge on any atom is -0.386 e. The standard InChI is InChI=1S/C13H18F2O2/c1-3-5-12(17-4-2)13(16)10-8-9(14)6-7-11(10)15/h6-8,12-13,16H,3-5H2,1-2H3. The minimum atomic E-state index is -1.13. The zero-order chi connectivity index (χ0) is 12.8. The van der Waals surface area contributed by atoms with Crippen LogP contribution in [0.5, 0.6) is 0 Å². The molecule has 0 aliphatic heterocycles. The molecule has 0 amide bonds. The van der Waals surface area contributed by atoms with Crippen LogP contribution in [0, 0.1) is 11.6 Å². The molecule has 96 valence electrons. The molecule has 1 rings (SSSR count). The average Bonchev–Trinajstić information content (AvgIpc) is 2.31. The van der Waals surface area contributed by atoms with Gasteiger partial charge in [-0.05, 0) is 31.5 Å². The van der Waals surface area contributed by atoms with Crippen molar-refractivity contribution in [3.63, 3.8) is 0 Å². The second kappa shape index (κ2) is 6.67. The van der Waals surface area contributed by atoms with Crippen LogP contribution in [0.25, 0.3) is 0 Å². The zero-order valence-corrected chi connectivity index (χ0v) is 10.1. The number of rotatable bonds is 6. The van der Waals surface area contributed by atoms with Crippen LogP contribution in [0.1, 0.15) is 38.4 Å². The predicted molar refractivity (Wildman–Crippen MR) is 61.6 cm³/mol. The summed E-state index contributed by atoms with van der Waals surface area (Å²) in [6, 6.07) is 3.06. The predicted octanol–water partition coefficient (Wildman–Crippen LogP) is 3.20. The van der Waals surface area contributed by atoms with E-state index >= 15 is 0 Å². The molecule has 1 N–H and O–H groups in total. The molecule has 0 heterocycles. The maximum absolute atomic E-state index is 13.5. The average molecular weight is 244 g/mol. The van der Waals surface area contributed by atoms with Gasteiger partial charge < -0.3 is 9.84 Å². The Bertz CT molecular complexity index is 349. The van der Waals surface area contributed by atoms with Crippen LogP contribution in [-0.2, 0) is 4.74 Å². The second-order valence-corrected chi connectivity index (χ2v) is 3.89. The SMILES string of the molecule is CCCC(OCC)C(O)c1cc(F)ccc1F. The lowest BCUT2D eigenvalue weighted by atomic mass is 10.0. The molecule has 1 aromatic rings. The fourth-order valence-electron chi connectivity index (χ4n) is 1.77. The Hall–Kier alpha value is -1.00. The van der Waals surface area contributed by atoms with Gasteiger partial charge in [-0.1, -0.05) is 13.3 Å². The molecular formula is C13H18F2O2. The van der Waals surface area contributed by atoms with Crippen molar-refractivity contribution in [1.29, 1.82) is 0 Å². The maximum Gasteiger partial charge on any atom is 0.129 e. The van der Waals surface area contributed by atoms with Crippen LogP contribution >= 0.6 is 0 Å². The normalized spacial score (nSPS) is 14.6. The van der Waals surface area contributed by atoms with Crippen molar-refractivity contribution in [2.45, 2.75) is 38.9 Å². The van der Waals surface area contributed by atoms with E-state index in [1.54, 1.807) is 6.92 Å². The van der Waals surface area contributed by atoms with Crippen LogP contribution in [0.2, 0.25) is 0 Å². The van der Waals surface area contributed by atoms with Crippen molar-refractivity contribution >= 4 is 0 Å². The highest BCUT2D eigenvalue weighted by atomic mass is 19.1. The molecule has 0 aromatic heterocycles. The zero-order valence-electron chi connectivity index (χ0n) is 10.1. The summed E-state index contributed by atoms with van der Waals surface area (Å²) >= 11 is 0. The second-order valence-electron chi connectivity index (χ2n) is 3.89. The summed E-state index contributed by atoms with van der Waals surface area (Å²) in [5.41, 5.74) is -0.0445. The molecule has 4 heteroatoms. The molecule has 2 unspecified atom stereocenters. The highest BCUT2D eigenvalue weighted by Crippen LogP contribution is 2.25. The van der Waals surface area contributed by atoms with E-state index in [4.69, 9.17) is 4.74 Å². The van der Waals surface area contributed by atoms with E-state index in [0.717, 1.165) is 24.6 Å². The van der Waals surface area contributed by atoms with Crippen molar-refractivity contribution < 1.29 is 18.6 Å². The van der Waals surface area contributed by atoms with Crippen molar-refractivity contribution in [3.05, 3.63) is 35.4 Å². The lowest BCUT2D eigenvalue weighted by molar-refractivity contribution is -0.0399. The van der Waals surface area contributed by atoms with E-state index in [1.807, 2.05) is 6.92 Å². The van der Waals surface area contributed by atoms with E-state index in [9.17, 15) is 13.9 Å². The molecule has 17 heavy (non-hydrogen) atoms. The highest BCUT2D eigenvalue weighted by molar-refractivity contribution is 5.22. The summed E-state index contributed by atoms with van der Waals surface area (Å²) in [4.78, 5) is 0. The van der Waals surface area contributed by atoms with Gasteiger partial charge in [-0.25, -0.2) is 8.78 Å². The van der Waals surface area contributed by atoms with Crippen LogP contribution in [-0.4, -0.2) is 17.8 Å². The molecule has 0 saturated carbocycles. The smallest absolute Gasteiger partial charge is 0.129 e. The van der Waals surface area contributed by atoms with Gasteiger partial charge in [0.15, 0.2) is 0 Å². The summed E-state index contributed by atoms with van der Waals surface area (Å²) in [5, 5.41) is 10.0. The van der Waals surface area contributed by atoms with Gasteiger partial charge in [0, 0.05) is 12.2 Å². The Kier molecular flexibility index (Phi) is 5.51. The van der Waals surface area contributed by atoms with Crippen LogP contribution < -0.4 is 0 Å². The van der Waals surface area contributed by atoms with Gasteiger partial charge >= 0.3 is 0 Å². The van der Waals surface area contributed by atoms with E-state index in [2.05, 4.69) is 0 Å². The highest BCUT2D eigenvalue weighted by Gasteiger charge is 2.23. The van der Waals surface area contributed by atoms with Crippen molar-refractivity contribution in [1.82, 2.24) is 0 Å². The monoisotopic (exact) mass is 244 g/mol. The van der Waals surface area contributed by atoms with Gasteiger partial charge in [-0.15, -0.1) is 0 Å². The van der Waals surface area contributed by atoms with E-state index < -0.39 is 23.8 Å². The molecule has 0 spiro atoms. The van der Waals surface area contributed by atoms with Gasteiger partial charge in [0.1, 0.15) is 17.7 Å². The van der Waals surface area contributed by atoms with E-state index in [0.29, 0.717) is 13.0 Å². The first-order chi connectivity index (χ1) is 8.10. The lowest BCUT2D eigenvalue weighted by Gasteiger charge is -2.23. The largest absolute Gasteiger partial charge is 0.386 e. The van der Waals surface area contributed by atoms with Crippen molar-refractivity contribution in [3.8, 4) is 0 Å². The molecule has 0 saturated heterocycles. The third-order valence-electron chi connectivity index (χ3n) is 2.58. The number of halogens is 2. The Morgan fingerprint density at radius 3 is 2.59 bits per heavy atom. The number of hydrogen-bond donors (Lipinski definition) is 1. The summed E-state index contributed by atoms with van der Waals surface area (Å²) in [6.45, 7) is 4.18. The topological polar surface area (TPSA) is 29.5 Å². The number of hydrogen-bond acceptors (Lipinski definition) is 2. The molecule has 0 radical (unpaired) electrons. The molecule has 2 nitrogen and oxygen atoms in total. The van der Waals surface area contributed by atoms with Crippen LogP contribution in [0.4, 0.5) is 8.78 Å². The van der Waals surface area contributed by atoms with Crippen molar-refractivity contribution in [2.24, 2.45) is 0 Å². The van der Waals surface area contributed by atoms with Crippen LogP contribution in [0.3, 0.4) is 0 Å². The number of aliphatic hydroxyl groups excluding tert-OH is 1. The maximum atomic E-state index is 13.5. The number of benzene rings is 1. The molecule has 1 aromatic carbocycles. The molecule has 0 bridgehead atoms. The minimum absolute atomic E-state index is 0.0445. The Balaban J connectivity index is 2.91. The molecule has 0 aliphatic rings. The first kappa shape index (κ1) is 14.1. The van der Waals surface area contributed by atoms with Gasteiger partial charge in [0.25, 0.3) is 0 Å². The Labute approximate surface area is 100 Å². The Morgan fingerprint density at radius 2 is 2.00 bits per heavy atom. The third-order valence-corrected chi connectivity index (χ3v) is 2.58. The first-order valence-electron chi connectivity index (χ1n) is 5.84. The van der Waals surface area contributed by atoms with Gasteiger partial charge in [-0.2, -0.15) is 0 Å². The third kappa shape index (κ3) is 3.75. The van der Waals surface area contributed by atoms with E-state index in [-0.39, 0.29) is 5.56 Å². The Morgan fingerprint density at radius 1 is 1.29 bits per heavy atom. The number of aliphatic hydroxyl groups is 1. The van der Waals surface area contributed by atoms with E-state index in [1.165, 1.54) is 0 Å². The summed E-state index contributed by atoms with van der Waals surface area (Å²) in [6.07, 6.45) is -0.226. The van der Waals surface area contributed by atoms with Gasteiger partial charge in [0.2, 0.25) is 0 Å². The summed E-state index contributed by atoms with van der Waals surface area (Å²) in [7, 11) is 0. The summed E-state index contributed by atoms with van der Waals surface area (Å²) in [5.74, 6) is -1.17. The fraction of sp³-hybridized carbons (Fsp3) is 0.538. The molecule has 0 fully saturated rings. The molecular weight excluding hydrogens is 226 g/mol. The molecule has 0 aliphatic carbocycles. The molecule has 2 atom stereocenters. The fourth-order valence-corrected chi connectivity index (χ4v) is 1.77. The number of ether oxygens (including phenoxy) is 1. The van der Waals surface area contributed by atoms with Crippen LogP contribution in [0.15, 0.2) is 18.2 Å². The van der Waals surface area contributed by atoms with Gasteiger partial charge in [-0.3, -0.25) is 0 Å².